The number of aromatic amines is 1. The van der Waals surface area contributed by atoms with E-state index in [1.807, 2.05) is 36.4 Å². The smallest absolute Gasteiger partial charge is 0.290 e. The molecule has 0 saturated carbocycles. The van der Waals surface area contributed by atoms with Crippen LogP contribution in [0.15, 0.2) is 47.4 Å². The molecule has 9 heteroatoms. The summed E-state index contributed by atoms with van der Waals surface area (Å²) in [4.78, 5) is 17.1. The first-order chi connectivity index (χ1) is 14.1. The number of tetrazole rings is 1. The Labute approximate surface area is 172 Å². The van der Waals surface area contributed by atoms with E-state index < -0.39 is 0 Å². The van der Waals surface area contributed by atoms with Crippen molar-refractivity contribution in [2.75, 3.05) is 0 Å². The summed E-state index contributed by atoms with van der Waals surface area (Å²) in [5.74, 6) is 0.492. The normalized spacial score (nSPS) is 11.1. The lowest BCUT2D eigenvalue weighted by molar-refractivity contribution is 0.681. The van der Waals surface area contributed by atoms with Gasteiger partial charge in [0, 0.05) is 24.4 Å². The molecule has 3 aromatic heterocycles. The van der Waals surface area contributed by atoms with Gasteiger partial charge in [0.2, 0.25) is 5.82 Å². The maximum atomic E-state index is 12.6. The second-order valence-electron chi connectivity index (χ2n) is 6.75. The van der Waals surface area contributed by atoms with Crippen LogP contribution in [-0.2, 0) is 20.0 Å². The molecule has 4 aromatic rings. The molecule has 0 spiro atoms. The van der Waals surface area contributed by atoms with E-state index in [-0.39, 0.29) is 5.69 Å². The molecule has 0 saturated heterocycles. The molecule has 29 heavy (non-hydrogen) atoms. The third kappa shape index (κ3) is 3.58. The molecule has 1 N–H and O–H groups in total. The Morgan fingerprint density at radius 3 is 2.66 bits per heavy atom. The Kier molecular flexibility index (Phi) is 5.26. The fourth-order valence-electron chi connectivity index (χ4n) is 3.37. The van der Waals surface area contributed by atoms with Gasteiger partial charge in [-0.05, 0) is 29.3 Å². The maximum Gasteiger partial charge on any atom is 0.329 e. The predicted octanol–water partition coefficient (Wildman–Crippen LogP) is 3.08. The van der Waals surface area contributed by atoms with Crippen LogP contribution in [0.1, 0.15) is 24.6 Å². The summed E-state index contributed by atoms with van der Waals surface area (Å²) in [7, 11) is 1.70. The Morgan fingerprint density at radius 1 is 1.17 bits per heavy atom. The highest BCUT2D eigenvalue weighted by molar-refractivity contribution is 6.30. The van der Waals surface area contributed by atoms with Gasteiger partial charge in [-0.1, -0.05) is 49.2 Å². The first kappa shape index (κ1) is 19.1. The van der Waals surface area contributed by atoms with Crippen LogP contribution < -0.4 is 5.69 Å². The molecule has 0 bridgehead atoms. The molecule has 4 rings (SSSR count). The molecule has 0 radical (unpaired) electrons. The number of aromatic nitrogens is 7. The van der Waals surface area contributed by atoms with Crippen molar-refractivity contribution in [3.05, 3.63) is 69.5 Å². The van der Waals surface area contributed by atoms with Gasteiger partial charge in [-0.2, -0.15) is 5.21 Å². The number of imidazole rings is 1. The summed E-state index contributed by atoms with van der Waals surface area (Å²) in [6, 6.07) is 11.7. The monoisotopic (exact) mass is 409 g/mol. The first-order valence-corrected chi connectivity index (χ1v) is 9.70. The van der Waals surface area contributed by atoms with Gasteiger partial charge in [-0.3, -0.25) is 14.1 Å². The Balaban J connectivity index is 1.66. The summed E-state index contributed by atoms with van der Waals surface area (Å²) in [5, 5.41) is 14.7. The van der Waals surface area contributed by atoms with Gasteiger partial charge in [0.1, 0.15) is 5.15 Å². The molecule has 0 atom stereocenters. The Bertz CT molecular complexity index is 1180. The third-order valence-corrected chi connectivity index (χ3v) is 5.30. The van der Waals surface area contributed by atoms with Crippen molar-refractivity contribution < 1.29 is 0 Å². The van der Waals surface area contributed by atoms with Crippen molar-refractivity contribution in [3.8, 4) is 22.6 Å². The minimum absolute atomic E-state index is 0.105. The van der Waals surface area contributed by atoms with Crippen molar-refractivity contribution in [2.45, 2.75) is 26.3 Å². The number of H-pyrrole nitrogens is 1. The fraction of sp³-hybridized carbons (Fsp3) is 0.250. The topological polar surface area (TPSA) is 94.3 Å². The number of rotatable bonds is 6. The lowest BCUT2D eigenvalue weighted by atomic mass is 10.0. The Hall–Kier alpha value is -3.26. The van der Waals surface area contributed by atoms with Crippen LogP contribution in [-0.4, -0.2) is 34.7 Å². The minimum atomic E-state index is -0.105. The van der Waals surface area contributed by atoms with Crippen molar-refractivity contribution in [2.24, 2.45) is 7.05 Å². The zero-order valence-electron chi connectivity index (χ0n) is 16.1. The minimum Gasteiger partial charge on any atom is -0.290 e. The van der Waals surface area contributed by atoms with E-state index in [0.29, 0.717) is 17.5 Å². The predicted molar refractivity (Wildman–Crippen MR) is 111 cm³/mol. The van der Waals surface area contributed by atoms with Crippen LogP contribution in [0, 0.1) is 0 Å². The molecule has 1 aromatic carbocycles. The van der Waals surface area contributed by atoms with Gasteiger partial charge in [0.25, 0.3) is 0 Å². The largest absolute Gasteiger partial charge is 0.329 e. The SMILES string of the molecule is CCCc1c(Cl)n(C)c(=O)n1Cc1ccc(-c2ncccc2-c2nn[nH]n2)cc1. The molecule has 0 aliphatic carbocycles. The zero-order chi connectivity index (χ0) is 20.4. The fourth-order valence-corrected chi connectivity index (χ4v) is 3.63. The van der Waals surface area contributed by atoms with E-state index in [1.54, 1.807) is 17.8 Å². The molecular formula is C20H20ClN7O. The average molecular weight is 410 g/mol. The van der Waals surface area contributed by atoms with E-state index in [4.69, 9.17) is 11.6 Å². The van der Waals surface area contributed by atoms with Gasteiger partial charge < -0.3 is 0 Å². The van der Waals surface area contributed by atoms with E-state index >= 15 is 0 Å². The summed E-state index contributed by atoms with van der Waals surface area (Å²) >= 11 is 6.35. The molecular weight excluding hydrogens is 390 g/mol. The van der Waals surface area contributed by atoms with Crippen LogP contribution in [0.4, 0.5) is 0 Å². The molecule has 0 amide bonds. The second-order valence-corrected chi connectivity index (χ2v) is 7.11. The molecule has 0 fully saturated rings. The zero-order valence-corrected chi connectivity index (χ0v) is 16.9. The van der Waals surface area contributed by atoms with Crippen LogP contribution >= 0.6 is 11.6 Å². The number of hydrogen-bond acceptors (Lipinski definition) is 5. The molecule has 0 aliphatic rings. The number of benzene rings is 1. The number of nitrogens with one attached hydrogen (secondary N) is 1. The van der Waals surface area contributed by atoms with E-state index in [0.717, 1.165) is 40.9 Å². The van der Waals surface area contributed by atoms with E-state index in [9.17, 15) is 4.79 Å². The van der Waals surface area contributed by atoms with E-state index in [1.165, 1.54) is 4.57 Å². The van der Waals surface area contributed by atoms with Crippen LogP contribution in [0.5, 0.6) is 0 Å². The van der Waals surface area contributed by atoms with Crippen LogP contribution in [0.3, 0.4) is 0 Å². The summed E-state index contributed by atoms with van der Waals surface area (Å²) in [6.07, 6.45) is 3.41. The highest BCUT2D eigenvalue weighted by Crippen LogP contribution is 2.27. The third-order valence-electron chi connectivity index (χ3n) is 4.83. The molecule has 8 nitrogen and oxygen atoms in total. The van der Waals surface area contributed by atoms with Gasteiger partial charge in [-0.15, -0.1) is 10.2 Å². The maximum absolute atomic E-state index is 12.6. The van der Waals surface area contributed by atoms with Gasteiger partial charge in [0.15, 0.2) is 0 Å². The average Bonchev–Trinajstić information content (AvgIpc) is 3.35. The van der Waals surface area contributed by atoms with Gasteiger partial charge >= 0.3 is 5.69 Å². The highest BCUT2D eigenvalue weighted by Gasteiger charge is 2.16. The molecule has 3 heterocycles. The summed E-state index contributed by atoms with van der Waals surface area (Å²) < 4.78 is 3.23. The van der Waals surface area contributed by atoms with Crippen molar-refractivity contribution in [1.82, 2.24) is 34.7 Å². The van der Waals surface area contributed by atoms with Crippen LogP contribution in [0.25, 0.3) is 22.6 Å². The molecule has 0 aliphatic heterocycles. The number of halogens is 1. The number of nitrogens with zero attached hydrogens (tertiary/aromatic N) is 6. The quantitative estimate of drug-likeness (QED) is 0.528. The van der Waals surface area contributed by atoms with Crippen molar-refractivity contribution >= 4 is 11.6 Å². The van der Waals surface area contributed by atoms with Gasteiger partial charge in [0.05, 0.1) is 17.9 Å². The first-order valence-electron chi connectivity index (χ1n) is 9.32. The number of hydrogen-bond donors (Lipinski definition) is 1. The van der Waals surface area contributed by atoms with Gasteiger partial charge in [-0.25, -0.2) is 4.79 Å². The van der Waals surface area contributed by atoms with E-state index in [2.05, 4.69) is 32.5 Å². The lowest BCUT2D eigenvalue weighted by Gasteiger charge is -2.09. The highest BCUT2D eigenvalue weighted by atomic mass is 35.5. The van der Waals surface area contributed by atoms with Crippen molar-refractivity contribution in [1.29, 1.82) is 0 Å². The van der Waals surface area contributed by atoms with Crippen molar-refractivity contribution in [3.63, 3.8) is 0 Å². The Morgan fingerprint density at radius 2 is 1.97 bits per heavy atom. The molecule has 0 unspecified atom stereocenters. The molecule has 148 valence electrons. The summed E-state index contributed by atoms with van der Waals surface area (Å²) in [6.45, 7) is 2.54. The summed E-state index contributed by atoms with van der Waals surface area (Å²) in [5.41, 5.74) is 4.27. The number of pyridine rings is 1. The van der Waals surface area contributed by atoms with Crippen LogP contribution in [0.2, 0.25) is 5.15 Å². The lowest BCUT2D eigenvalue weighted by Crippen LogP contribution is -2.24. The second kappa shape index (κ2) is 8.00. The standard InChI is InChI=1S/C20H20ClN7O/c1-3-5-16-18(21)27(2)20(29)28(16)12-13-7-9-14(10-8-13)17-15(6-4-11-22-17)19-23-25-26-24-19/h4,6-11H,3,5,12H2,1-2H3,(H,23,24,25,26).